The summed E-state index contributed by atoms with van der Waals surface area (Å²) in [5.41, 5.74) is 0.539. The van der Waals surface area contributed by atoms with Crippen molar-refractivity contribution in [3.63, 3.8) is 0 Å². The lowest BCUT2D eigenvalue weighted by Gasteiger charge is -2.22. The van der Waals surface area contributed by atoms with Gasteiger partial charge in [0, 0.05) is 18.7 Å². The Morgan fingerprint density at radius 3 is 2.56 bits per heavy atom. The molecule has 0 amide bonds. The van der Waals surface area contributed by atoms with Crippen molar-refractivity contribution in [1.82, 2.24) is 5.32 Å². The number of para-hydroxylation sites is 1. The zero-order valence-electron chi connectivity index (χ0n) is 11.4. The summed E-state index contributed by atoms with van der Waals surface area (Å²) in [7, 11) is 3.06. The number of hydrogen-bond donors (Lipinski definition) is 1. The van der Waals surface area contributed by atoms with Crippen LogP contribution >= 0.6 is 0 Å². The van der Waals surface area contributed by atoms with Crippen LogP contribution in [-0.4, -0.2) is 26.7 Å². The molecule has 0 heterocycles. The van der Waals surface area contributed by atoms with Gasteiger partial charge in [0.1, 0.15) is 5.75 Å². The Kier molecular flexibility index (Phi) is 5.16. The summed E-state index contributed by atoms with van der Waals surface area (Å²) < 4.78 is 10.0. The standard InChI is InChI=1S/C14H21NO3/c1-14(2,13(16)18-4)10-15-9-11-7-5-6-8-12(11)17-3/h5-8,15H,9-10H2,1-4H3. The number of hydrogen-bond acceptors (Lipinski definition) is 4. The van der Waals surface area contributed by atoms with Crippen LogP contribution in [0.5, 0.6) is 5.75 Å². The molecule has 0 bridgehead atoms. The van der Waals surface area contributed by atoms with E-state index in [1.807, 2.05) is 38.1 Å². The van der Waals surface area contributed by atoms with Crippen LogP contribution < -0.4 is 10.1 Å². The number of methoxy groups -OCH3 is 2. The molecule has 4 nitrogen and oxygen atoms in total. The fourth-order valence-electron chi connectivity index (χ4n) is 1.71. The first kappa shape index (κ1) is 14.5. The van der Waals surface area contributed by atoms with Crippen molar-refractivity contribution in [2.45, 2.75) is 20.4 Å². The topological polar surface area (TPSA) is 47.6 Å². The van der Waals surface area contributed by atoms with Crippen molar-refractivity contribution in [1.29, 1.82) is 0 Å². The van der Waals surface area contributed by atoms with Gasteiger partial charge in [0.2, 0.25) is 0 Å². The van der Waals surface area contributed by atoms with Crippen LogP contribution in [0.1, 0.15) is 19.4 Å². The van der Waals surface area contributed by atoms with Crippen molar-refractivity contribution >= 4 is 5.97 Å². The zero-order valence-corrected chi connectivity index (χ0v) is 11.4. The lowest BCUT2D eigenvalue weighted by molar-refractivity contribution is -0.150. The molecule has 0 saturated heterocycles. The molecule has 0 radical (unpaired) electrons. The first-order valence-corrected chi connectivity index (χ1v) is 5.92. The Morgan fingerprint density at radius 1 is 1.28 bits per heavy atom. The highest BCUT2D eigenvalue weighted by Crippen LogP contribution is 2.19. The van der Waals surface area contributed by atoms with E-state index in [1.165, 1.54) is 7.11 Å². The predicted molar refractivity (Wildman–Crippen MR) is 70.5 cm³/mol. The Hall–Kier alpha value is -1.55. The Morgan fingerprint density at radius 2 is 1.94 bits per heavy atom. The first-order chi connectivity index (χ1) is 8.51. The molecule has 1 aromatic carbocycles. The van der Waals surface area contributed by atoms with E-state index >= 15 is 0 Å². The van der Waals surface area contributed by atoms with Crippen molar-refractivity contribution in [3.8, 4) is 5.75 Å². The molecule has 1 N–H and O–H groups in total. The minimum Gasteiger partial charge on any atom is -0.496 e. The van der Waals surface area contributed by atoms with E-state index in [-0.39, 0.29) is 5.97 Å². The van der Waals surface area contributed by atoms with Gasteiger partial charge in [-0.1, -0.05) is 18.2 Å². The molecule has 0 fully saturated rings. The molecule has 1 aromatic rings. The van der Waals surface area contributed by atoms with Crippen molar-refractivity contribution in [2.75, 3.05) is 20.8 Å². The lowest BCUT2D eigenvalue weighted by Crippen LogP contribution is -2.36. The normalized spacial score (nSPS) is 11.1. The number of benzene rings is 1. The number of carbonyl (C=O) groups excluding carboxylic acids is 1. The minimum absolute atomic E-state index is 0.213. The van der Waals surface area contributed by atoms with E-state index in [0.717, 1.165) is 11.3 Å². The van der Waals surface area contributed by atoms with Crippen molar-refractivity contribution < 1.29 is 14.3 Å². The molecule has 0 aromatic heterocycles. The SMILES string of the molecule is COC(=O)C(C)(C)CNCc1ccccc1OC. The summed E-state index contributed by atoms with van der Waals surface area (Å²) in [6.07, 6.45) is 0. The van der Waals surface area contributed by atoms with E-state index in [0.29, 0.717) is 13.1 Å². The third-order valence-electron chi connectivity index (χ3n) is 2.81. The van der Waals surface area contributed by atoms with Crippen LogP contribution in [0.4, 0.5) is 0 Å². The van der Waals surface area contributed by atoms with Crippen LogP contribution in [0.15, 0.2) is 24.3 Å². The molecule has 0 atom stereocenters. The Labute approximate surface area is 108 Å². The van der Waals surface area contributed by atoms with E-state index < -0.39 is 5.41 Å². The second kappa shape index (κ2) is 6.40. The monoisotopic (exact) mass is 251 g/mol. The minimum atomic E-state index is -0.531. The molecule has 0 unspecified atom stereocenters. The van der Waals surface area contributed by atoms with Gasteiger partial charge in [-0.15, -0.1) is 0 Å². The van der Waals surface area contributed by atoms with E-state index in [2.05, 4.69) is 5.32 Å². The first-order valence-electron chi connectivity index (χ1n) is 5.92. The summed E-state index contributed by atoms with van der Waals surface area (Å²) in [6.45, 7) is 4.92. The summed E-state index contributed by atoms with van der Waals surface area (Å²) in [6, 6.07) is 7.81. The number of ether oxygens (including phenoxy) is 2. The second-order valence-corrected chi connectivity index (χ2v) is 4.79. The molecule has 4 heteroatoms. The highest BCUT2D eigenvalue weighted by molar-refractivity contribution is 5.76. The van der Waals surface area contributed by atoms with Gasteiger partial charge >= 0.3 is 5.97 Å². The lowest BCUT2D eigenvalue weighted by atomic mass is 9.93. The Balaban J connectivity index is 2.54. The fourth-order valence-corrected chi connectivity index (χ4v) is 1.71. The molecule has 0 spiro atoms. The molecule has 0 aliphatic rings. The van der Waals surface area contributed by atoms with Gasteiger partial charge in [-0.25, -0.2) is 0 Å². The van der Waals surface area contributed by atoms with Crippen LogP contribution in [0.2, 0.25) is 0 Å². The van der Waals surface area contributed by atoms with Crippen LogP contribution in [-0.2, 0) is 16.1 Å². The van der Waals surface area contributed by atoms with E-state index in [9.17, 15) is 4.79 Å². The Bertz CT molecular complexity index is 402. The summed E-state index contributed by atoms with van der Waals surface area (Å²) >= 11 is 0. The number of carbonyl (C=O) groups is 1. The predicted octanol–water partition coefficient (Wildman–Crippen LogP) is 1.98. The van der Waals surface area contributed by atoms with Gasteiger partial charge in [0.25, 0.3) is 0 Å². The quantitative estimate of drug-likeness (QED) is 0.785. The van der Waals surface area contributed by atoms with Gasteiger partial charge in [0.05, 0.1) is 19.6 Å². The van der Waals surface area contributed by atoms with E-state index in [4.69, 9.17) is 9.47 Å². The van der Waals surface area contributed by atoms with Gasteiger partial charge < -0.3 is 14.8 Å². The summed E-state index contributed by atoms with van der Waals surface area (Å²) in [5, 5.41) is 3.25. The van der Waals surface area contributed by atoms with Gasteiger partial charge in [-0.2, -0.15) is 0 Å². The summed E-state index contributed by atoms with van der Waals surface area (Å²) in [4.78, 5) is 11.5. The molecular weight excluding hydrogens is 230 g/mol. The average molecular weight is 251 g/mol. The average Bonchev–Trinajstić information content (AvgIpc) is 2.38. The van der Waals surface area contributed by atoms with Gasteiger partial charge in [-0.3, -0.25) is 4.79 Å². The maximum absolute atomic E-state index is 11.5. The maximum Gasteiger partial charge on any atom is 0.312 e. The van der Waals surface area contributed by atoms with Crippen molar-refractivity contribution in [3.05, 3.63) is 29.8 Å². The molecule has 100 valence electrons. The van der Waals surface area contributed by atoms with Gasteiger partial charge in [0.15, 0.2) is 0 Å². The molecule has 0 aliphatic heterocycles. The highest BCUT2D eigenvalue weighted by atomic mass is 16.5. The summed E-state index contributed by atoms with van der Waals surface area (Å²) in [5.74, 6) is 0.635. The molecular formula is C14H21NO3. The fraction of sp³-hybridized carbons (Fsp3) is 0.500. The van der Waals surface area contributed by atoms with Crippen LogP contribution in [0.25, 0.3) is 0 Å². The molecule has 0 aliphatic carbocycles. The van der Waals surface area contributed by atoms with Crippen molar-refractivity contribution in [2.24, 2.45) is 5.41 Å². The second-order valence-electron chi connectivity index (χ2n) is 4.79. The van der Waals surface area contributed by atoms with E-state index in [1.54, 1.807) is 7.11 Å². The number of esters is 1. The third kappa shape index (κ3) is 3.74. The van der Waals surface area contributed by atoms with Gasteiger partial charge in [-0.05, 0) is 19.9 Å². The molecule has 18 heavy (non-hydrogen) atoms. The molecule has 0 saturated carbocycles. The highest BCUT2D eigenvalue weighted by Gasteiger charge is 2.28. The zero-order chi connectivity index (χ0) is 13.6. The van der Waals surface area contributed by atoms with Crippen LogP contribution in [0.3, 0.4) is 0 Å². The number of rotatable bonds is 6. The number of nitrogens with one attached hydrogen (secondary N) is 1. The largest absolute Gasteiger partial charge is 0.496 e. The van der Waals surface area contributed by atoms with Crippen LogP contribution in [0, 0.1) is 5.41 Å². The molecule has 1 rings (SSSR count). The third-order valence-corrected chi connectivity index (χ3v) is 2.81. The maximum atomic E-state index is 11.5. The smallest absolute Gasteiger partial charge is 0.312 e.